The standard InChI is InChI=1S/C11H15FN4O2/c1-11(18)3-5-16(6-11)10(17)7-2-4-14-9(15-13)8(7)12/h2,4,18H,3,5-6,13H2,1H3,(H,14,15). The van der Waals surface area contributed by atoms with Crippen molar-refractivity contribution in [2.24, 2.45) is 5.84 Å². The van der Waals surface area contributed by atoms with Gasteiger partial charge in [-0.3, -0.25) is 4.79 Å². The Labute approximate surface area is 104 Å². The van der Waals surface area contributed by atoms with Crippen LogP contribution in [-0.4, -0.2) is 39.6 Å². The summed E-state index contributed by atoms with van der Waals surface area (Å²) < 4.78 is 13.9. The molecule has 0 aliphatic carbocycles. The molecular weight excluding hydrogens is 239 g/mol. The number of hydrogen-bond donors (Lipinski definition) is 3. The number of rotatable bonds is 2. The first-order valence-electron chi connectivity index (χ1n) is 5.57. The molecule has 98 valence electrons. The molecule has 0 bridgehead atoms. The first-order valence-corrected chi connectivity index (χ1v) is 5.57. The average Bonchev–Trinajstić information content (AvgIpc) is 2.69. The molecule has 1 amide bonds. The van der Waals surface area contributed by atoms with Crippen molar-refractivity contribution in [2.45, 2.75) is 18.9 Å². The van der Waals surface area contributed by atoms with Crippen molar-refractivity contribution in [1.29, 1.82) is 0 Å². The fraction of sp³-hybridized carbons (Fsp3) is 0.455. The SMILES string of the molecule is CC1(O)CCN(C(=O)c2ccnc(NN)c2F)C1. The number of aromatic nitrogens is 1. The van der Waals surface area contributed by atoms with Crippen LogP contribution in [0, 0.1) is 5.82 Å². The smallest absolute Gasteiger partial charge is 0.257 e. The van der Waals surface area contributed by atoms with E-state index in [4.69, 9.17) is 5.84 Å². The molecule has 1 unspecified atom stereocenters. The molecule has 7 heteroatoms. The zero-order valence-electron chi connectivity index (χ0n) is 9.98. The summed E-state index contributed by atoms with van der Waals surface area (Å²) in [4.78, 5) is 17.2. The highest BCUT2D eigenvalue weighted by Crippen LogP contribution is 2.23. The first kappa shape index (κ1) is 12.7. The first-order chi connectivity index (χ1) is 8.44. The molecule has 1 saturated heterocycles. The number of carbonyl (C=O) groups is 1. The number of likely N-dealkylation sites (tertiary alicyclic amines) is 1. The van der Waals surface area contributed by atoms with Gasteiger partial charge in [0.1, 0.15) is 0 Å². The Morgan fingerprint density at radius 3 is 3.00 bits per heavy atom. The van der Waals surface area contributed by atoms with Crippen LogP contribution < -0.4 is 11.3 Å². The lowest BCUT2D eigenvalue weighted by Crippen LogP contribution is -2.34. The fourth-order valence-corrected chi connectivity index (χ4v) is 2.00. The van der Waals surface area contributed by atoms with E-state index in [0.717, 1.165) is 0 Å². The topological polar surface area (TPSA) is 91.5 Å². The molecule has 0 saturated carbocycles. The molecule has 1 aliphatic heterocycles. The molecule has 6 nitrogen and oxygen atoms in total. The minimum Gasteiger partial charge on any atom is -0.388 e. The maximum atomic E-state index is 13.9. The molecule has 0 aromatic carbocycles. The van der Waals surface area contributed by atoms with Gasteiger partial charge in [-0.1, -0.05) is 0 Å². The summed E-state index contributed by atoms with van der Waals surface area (Å²) in [6.07, 6.45) is 1.78. The van der Waals surface area contributed by atoms with Crippen molar-refractivity contribution < 1.29 is 14.3 Å². The maximum Gasteiger partial charge on any atom is 0.257 e. The molecule has 4 N–H and O–H groups in total. The normalized spacial score (nSPS) is 23.2. The van der Waals surface area contributed by atoms with Crippen LogP contribution in [0.3, 0.4) is 0 Å². The van der Waals surface area contributed by atoms with Crippen LogP contribution in [0.1, 0.15) is 23.7 Å². The van der Waals surface area contributed by atoms with Gasteiger partial charge < -0.3 is 15.4 Å². The number of anilines is 1. The minimum atomic E-state index is -0.909. The van der Waals surface area contributed by atoms with E-state index in [9.17, 15) is 14.3 Å². The summed E-state index contributed by atoms with van der Waals surface area (Å²) in [6, 6.07) is 1.30. The number of amides is 1. The highest BCUT2D eigenvalue weighted by Gasteiger charge is 2.35. The zero-order chi connectivity index (χ0) is 13.3. The molecular formula is C11H15FN4O2. The minimum absolute atomic E-state index is 0.101. The average molecular weight is 254 g/mol. The summed E-state index contributed by atoms with van der Waals surface area (Å²) in [6.45, 7) is 2.24. The van der Waals surface area contributed by atoms with E-state index < -0.39 is 17.3 Å². The lowest BCUT2D eigenvalue weighted by atomic mass is 10.1. The van der Waals surface area contributed by atoms with Crippen LogP contribution in [0.25, 0.3) is 0 Å². The largest absolute Gasteiger partial charge is 0.388 e. The molecule has 2 heterocycles. The number of β-amino-alcohol motifs (C(OH)–C–C–N with tert-alkyl or cyclic N) is 1. The van der Waals surface area contributed by atoms with Crippen LogP contribution in [0.5, 0.6) is 0 Å². The predicted octanol–water partition coefficient (Wildman–Crippen LogP) is 0.103. The lowest BCUT2D eigenvalue weighted by Gasteiger charge is -2.19. The number of hydrogen-bond acceptors (Lipinski definition) is 5. The highest BCUT2D eigenvalue weighted by atomic mass is 19.1. The van der Waals surface area contributed by atoms with Crippen LogP contribution >= 0.6 is 0 Å². The molecule has 1 aliphatic rings. The number of nitrogens with zero attached hydrogens (tertiary/aromatic N) is 2. The third-order valence-electron chi connectivity index (χ3n) is 3.00. The second kappa shape index (κ2) is 4.51. The summed E-state index contributed by atoms with van der Waals surface area (Å²) >= 11 is 0. The number of nitrogens with one attached hydrogen (secondary N) is 1. The number of halogens is 1. The molecule has 0 radical (unpaired) electrons. The van der Waals surface area contributed by atoms with Crippen molar-refractivity contribution in [2.75, 3.05) is 18.5 Å². The Hall–Kier alpha value is -1.73. The van der Waals surface area contributed by atoms with Gasteiger partial charge in [0.15, 0.2) is 11.6 Å². The van der Waals surface area contributed by atoms with Gasteiger partial charge in [-0.05, 0) is 19.4 Å². The third-order valence-corrected chi connectivity index (χ3v) is 3.00. The number of aliphatic hydroxyl groups is 1. The van der Waals surface area contributed by atoms with E-state index >= 15 is 0 Å². The van der Waals surface area contributed by atoms with Crippen LogP contribution in [0.2, 0.25) is 0 Å². The number of nitrogens with two attached hydrogens (primary N) is 1. The third kappa shape index (κ3) is 2.27. The van der Waals surface area contributed by atoms with Gasteiger partial charge in [0, 0.05) is 19.3 Å². The molecule has 1 fully saturated rings. The monoisotopic (exact) mass is 254 g/mol. The van der Waals surface area contributed by atoms with Gasteiger partial charge >= 0.3 is 0 Å². The number of nitrogen functional groups attached to an aromatic ring is 1. The van der Waals surface area contributed by atoms with E-state index in [1.165, 1.54) is 17.2 Å². The van der Waals surface area contributed by atoms with E-state index in [1.54, 1.807) is 6.92 Å². The van der Waals surface area contributed by atoms with Crippen molar-refractivity contribution in [1.82, 2.24) is 9.88 Å². The summed E-state index contributed by atoms with van der Waals surface area (Å²) in [5, 5.41) is 9.80. The van der Waals surface area contributed by atoms with Gasteiger partial charge in [0.2, 0.25) is 0 Å². The second-order valence-corrected chi connectivity index (χ2v) is 4.64. The van der Waals surface area contributed by atoms with Gasteiger partial charge in [0.25, 0.3) is 5.91 Å². The number of pyridine rings is 1. The quantitative estimate of drug-likeness (QED) is 0.514. The summed E-state index contributed by atoms with van der Waals surface area (Å²) in [7, 11) is 0. The zero-order valence-corrected chi connectivity index (χ0v) is 9.98. The summed E-state index contributed by atoms with van der Waals surface area (Å²) in [5.74, 6) is 3.68. The highest BCUT2D eigenvalue weighted by molar-refractivity contribution is 5.95. The van der Waals surface area contributed by atoms with Crippen molar-refractivity contribution in [3.05, 3.63) is 23.6 Å². The van der Waals surface area contributed by atoms with Crippen LogP contribution in [0.4, 0.5) is 10.2 Å². The Morgan fingerprint density at radius 2 is 2.44 bits per heavy atom. The van der Waals surface area contributed by atoms with Crippen LogP contribution in [0.15, 0.2) is 12.3 Å². The number of hydrazine groups is 1. The van der Waals surface area contributed by atoms with E-state index in [-0.39, 0.29) is 17.9 Å². The van der Waals surface area contributed by atoms with E-state index in [0.29, 0.717) is 13.0 Å². The van der Waals surface area contributed by atoms with Crippen molar-refractivity contribution in [3.63, 3.8) is 0 Å². The van der Waals surface area contributed by atoms with Gasteiger partial charge in [-0.2, -0.15) is 0 Å². The molecule has 2 rings (SSSR count). The van der Waals surface area contributed by atoms with Gasteiger partial charge in [0.05, 0.1) is 11.2 Å². The predicted molar refractivity (Wildman–Crippen MR) is 63.1 cm³/mol. The van der Waals surface area contributed by atoms with Crippen LogP contribution in [-0.2, 0) is 0 Å². The maximum absolute atomic E-state index is 13.9. The second-order valence-electron chi connectivity index (χ2n) is 4.64. The Kier molecular flexibility index (Phi) is 3.18. The lowest BCUT2D eigenvalue weighted by molar-refractivity contribution is 0.0569. The van der Waals surface area contributed by atoms with Crippen molar-refractivity contribution in [3.8, 4) is 0 Å². The Balaban J connectivity index is 2.25. The molecule has 1 aromatic heterocycles. The molecule has 1 atom stereocenters. The Morgan fingerprint density at radius 1 is 1.72 bits per heavy atom. The number of carbonyl (C=O) groups excluding carboxylic acids is 1. The molecule has 18 heavy (non-hydrogen) atoms. The van der Waals surface area contributed by atoms with E-state index in [2.05, 4.69) is 10.4 Å². The van der Waals surface area contributed by atoms with E-state index in [1.807, 2.05) is 0 Å². The molecule has 0 spiro atoms. The fourth-order valence-electron chi connectivity index (χ4n) is 2.00. The Bertz CT molecular complexity index is 478. The van der Waals surface area contributed by atoms with Crippen molar-refractivity contribution >= 4 is 11.7 Å². The van der Waals surface area contributed by atoms with Gasteiger partial charge in [-0.25, -0.2) is 15.2 Å². The molecule has 1 aromatic rings. The summed E-state index contributed by atoms with van der Waals surface area (Å²) in [5.41, 5.74) is 1.08. The van der Waals surface area contributed by atoms with Gasteiger partial charge in [-0.15, -0.1) is 0 Å².